The summed E-state index contributed by atoms with van der Waals surface area (Å²) >= 11 is 0. The summed E-state index contributed by atoms with van der Waals surface area (Å²) in [7, 11) is 3.27. The second-order valence-electron chi connectivity index (χ2n) is 3.85. The molecule has 0 aliphatic rings. The third-order valence-electron chi connectivity index (χ3n) is 2.79. The fourth-order valence-corrected chi connectivity index (χ4v) is 1.59. The Bertz CT molecular complexity index is 343. The Morgan fingerprint density at radius 1 is 1.28 bits per heavy atom. The van der Waals surface area contributed by atoms with Crippen molar-refractivity contribution < 1.29 is 14.6 Å². The summed E-state index contributed by atoms with van der Waals surface area (Å²) in [5.74, 6) is 1.57. The molecule has 2 N–H and O–H groups in total. The quantitative estimate of drug-likeness (QED) is 0.799. The van der Waals surface area contributed by atoms with Gasteiger partial charge in [-0.15, -0.1) is 12.4 Å². The molecule has 18 heavy (non-hydrogen) atoms. The number of hydrogen-bond acceptors (Lipinski definition) is 4. The Morgan fingerprint density at radius 3 is 2.50 bits per heavy atom. The zero-order valence-electron chi connectivity index (χ0n) is 11.1. The molecule has 104 valence electrons. The molecule has 1 aromatic carbocycles. The summed E-state index contributed by atoms with van der Waals surface area (Å²) < 4.78 is 10.4. The van der Waals surface area contributed by atoms with Crippen molar-refractivity contribution in [3.63, 3.8) is 0 Å². The molecule has 5 heteroatoms. The van der Waals surface area contributed by atoms with Gasteiger partial charge >= 0.3 is 0 Å². The number of ether oxygens (including phenoxy) is 2. The molecule has 0 aliphatic heterocycles. The highest BCUT2D eigenvalue weighted by Crippen LogP contribution is 2.24. The van der Waals surface area contributed by atoms with Crippen LogP contribution in [0.15, 0.2) is 18.2 Å². The van der Waals surface area contributed by atoms with Gasteiger partial charge < -0.3 is 19.9 Å². The maximum Gasteiger partial charge on any atom is 0.127 e. The molecular weight excluding hydrogens is 254 g/mol. The molecule has 1 unspecified atom stereocenters. The normalized spacial score (nSPS) is 11.6. The average Bonchev–Trinajstić information content (AvgIpc) is 2.39. The number of nitrogens with one attached hydrogen (secondary N) is 1. The Morgan fingerprint density at radius 2 is 2.00 bits per heavy atom. The summed E-state index contributed by atoms with van der Waals surface area (Å²) in [6, 6.07) is 5.85. The van der Waals surface area contributed by atoms with Crippen molar-refractivity contribution in [1.29, 1.82) is 0 Å². The number of benzene rings is 1. The predicted molar refractivity (Wildman–Crippen MR) is 74.8 cm³/mol. The molecule has 0 radical (unpaired) electrons. The van der Waals surface area contributed by atoms with E-state index in [1.807, 2.05) is 25.1 Å². The molecule has 1 rings (SSSR count). The van der Waals surface area contributed by atoms with Crippen molar-refractivity contribution in [3.05, 3.63) is 23.8 Å². The number of methoxy groups -OCH3 is 2. The Balaban J connectivity index is 0.00000289. The lowest BCUT2D eigenvalue weighted by Crippen LogP contribution is -2.31. The van der Waals surface area contributed by atoms with Crippen molar-refractivity contribution in [1.82, 2.24) is 5.32 Å². The molecule has 4 nitrogen and oxygen atoms in total. The highest BCUT2D eigenvalue weighted by molar-refractivity contribution is 5.85. The zero-order valence-corrected chi connectivity index (χ0v) is 11.9. The molecule has 0 heterocycles. The number of aliphatic hydroxyl groups is 1. The van der Waals surface area contributed by atoms with Gasteiger partial charge in [-0.05, 0) is 12.5 Å². The van der Waals surface area contributed by atoms with Crippen LogP contribution in [-0.4, -0.2) is 32.0 Å². The van der Waals surface area contributed by atoms with Gasteiger partial charge in [0.25, 0.3) is 0 Å². The smallest absolute Gasteiger partial charge is 0.127 e. The number of halogens is 1. The Labute approximate surface area is 115 Å². The fourth-order valence-electron chi connectivity index (χ4n) is 1.59. The van der Waals surface area contributed by atoms with E-state index in [9.17, 15) is 0 Å². The maximum absolute atomic E-state index is 9.10. The van der Waals surface area contributed by atoms with E-state index >= 15 is 0 Å². The molecule has 0 spiro atoms. The minimum absolute atomic E-state index is 0. The fraction of sp³-hybridized carbons (Fsp3) is 0.538. The molecule has 0 saturated carbocycles. The van der Waals surface area contributed by atoms with E-state index in [1.165, 1.54) is 0 Å². The van der Waals surface area contributed by atoms with Gasteiger partial charge in [-0.3, -0.25) is 0 Å². The molecule has 0 bridgehead atoms. The van der Waals surface area contributed by atoms with E-state index in [0.29, 0.717) is 6.54 Å². The van der Waals surface area contributed by atoms with Crippen molar-refractivity contribution in [2.45, 2.75) is 25.9 Å². The summed E-state index contributed by atoms with van der Waals surface area (Å²) in [4.78, 5) is 0. The third-order valence-corrected chi connectivity index (χ3v) is 2.79. The van der Waals surface area contributed by atoms with Crippen LogP contribution in [0.25, 0.3) is 0 Å². The molecule has 0 amide bonds. The first kappa shape index (κ1) is 17.0. The van der Waals surface area contributed by atoms with E-state index in [-0.39, 0.29) is 25.1 Å². The molecule has 1 atom stereocenters. The Hall–Kier alpha value is -0.970. The SMILES string of the molecule is CCC(CO)NCc1ccc(OC)cc1OC.Cl. The zero-order chi connectivity index (χ0) is 12.7. The van der Waals surface area contributed by atoms with Gasteiger partial charge in [-0.25, -0.2) is 0 Å². The lowest BCUT2D eigenvalue weighted by molar-refractivity contribution is 0.238. The second kappa shape index (κ2) is 9.03. The third kappa shape index (κ3) is 4.72. The van der Waals surface area contributed by atoms with Crippen molar-refractivity contribution in [2.24, 2.45) is 0 Å². The number of hydrogen-bond donors (Lipinski definition) is 2. The topological polar surface area (TPSA) is 50.7 Å². The lowest BCUT2D eigenvalue weighted by Gasteiger charge is -2.16. The second-order valence-corrected chi connectivity index (χ2v) is 3.85. The first-order valence-electron chi connectivity index (χ1n) is 5.80. The van der Waals surface area contributed by atoms with Gasteiger partial charge in [0.15, 0.2) is 0 Å². The van der Waals surface area contributed by atoms with E-state index in [2.05, 4.69) is 5.32 Å². The van der Waals surface area contributed by atoms with Crippen molar-refractivity contribution in [3.8, 4) is 11.5 Å². The van der Waals surface area contributed by atoms with Crippen LogP contribution in [-0.2, 0) is 6.54 Å². The first-order chi connectivity index (χ1) is 8.24. The highest BCUT2D eigenvalue weighted by Gasteiger charge is 2.08. The van der Waals surface area contributed by atoms with Crippen LogP contribution in [0.5, 0.6) is 11.5 Å². The molecule has 0 aliphatic carbocycles. The first-order valence-corrected chi connectivity index (χ1v) is 5.80. The summed E-state index contributed by atoms with van der Waals surface area (Å²) in [5.41, 5.74) is 1.06. The van der Waals surface area contributed by atoms with Crippen LogP contribution in [0, 0.1) is 0 Å². The van der Waals surface area contributed by atoms with Gasteiger partial charge in [0, 0.05) is 24.2 Å². The average molecular weight is 276 g/mol. The van der Waals surface area contributed by atoms with Crippen LogP contribution in [0.1, 0.15) is 18.9 Å². The van der Waals surface area contributed by atoms with Crippen LogP contribution < -0.4 is 14.8 Å². The van der Waals surface area contributed by atoms with Gasteiger partial charge in [0.1, 0.15) is 11.5 Å². The van der Waals surface area contributed by atoms with Crippen LogP contribution in [0.2, 0.25) is 0 Å². The minimum atomic E-state index is 0. The highest BCUT2D eigenvalue weighted by atomic mass is 35.5. The summed E-state index contributed by atoms with van der Waals surface area (Å²) in [6.45, 7) is 2.86. The van der Waals surface area contributed by atoms with Crippen LogP contribution in [0.4, 0.5) is 0 Å². The maximum atomic E-state index is 9.10. The van der Waals surface area contributed by atoms with Crippen molar-refractivity contribution >= 4 is 12.4 Å². The van der Waals surface area contributed by atoms with Crippen LogP contribution in [0.3, 0.4) is 0 Å². The minimum Gasteiger partial charge on any atom is -0.497 e. The van der Waals surface area contributed by atoms with Gasteiger partial charge in [-0.2, -0.15) is 0 Å². The number of rotatable bonds is 7. The van der Waals surface area contributed by atoms with E-state index in [1.54, 1.807) is 14.2 Å². The number of aliphatic hydroxyl groups excluding tert-OH is 1. The van der Waals surface area contributed by atoms with Gasteiger partial charge in [0.05, 0.1) is 20.8 Å². The van der Waals surface area contributed by atoms with E-state index in [4.69, 9.17) is 14.6 Å². The van der Waals surface area contributed by atoms with Crippen LogP contribution >= 0.6 is 12.4 Å². The molecule has 0 saturated heterocycles. The lowest BCUT2D eigenvalue weighted by atomic mass is 10.1. The molecular formula is C13H22ClNO3. The molecule has 0 aromatic heterocycles. The van der Waals surface area contributed by atoms with Gasteiger partial charge in [0.2, 0.25) is 0 Å². The molecule has 1 aromatic rings. The van der Waals surface area contributed by atoms with Gasteiger partial charge in [-0.1, -0.05) is 13.0 Å². The largest absolute Gasteiger partial charge is 0.497 e. The van der Waals surface area contributed by atoms with Crippen molar-refractivity contribution in [2.75, 3.05) is 20.8 Å². The summed E-state index contributed by atoms with van der Waals surface area (Å²) in [5, 5.41) is 12.4. The monoisotopic (exact) mass is 275 g/mol. The van der Waals surface area contributed by atoms with E-state index in [0.717, 1.165) is 23.5 Å². The Kier molecular flexibility index (Phi) is 8.54. The predicted octanol–water partition coefficient (Wildman–Crippen LogP) is 1.99. The summed E-state index contributed by atoms with van der Waals surface area (Å²) in [6.07, 6.45) is 0.898. The van der Waals surface area contributed by atoms with E-state index < -0.39 is 0 Å². The standard InChI is InChI=1S/C13H21NO3.ClH/c1-4-11(9-15)14-8-10-5-6-12(16-2)7-13(10)17-3;/h5-7,11,14-15H,4,8-9H2,1-3H3;1H. The molecule has 0 fully saturated rings.